The molecule has 0 atom stereocenters. The molecule has 0 saturated carbocycles. The molecule has 6 heteroatoms. The molecule has 1 amide bonds. The Morgan fingerprint density at radius 3 is 2.61 bits per heavy atom. The van der Waals surface area contributed by atoms with Crippen LogP contribution in [0.5, 0.6) is 0 Å². The molecule has 0 fully saturated rings. The summed E-state index contributed by atoms with van der Waals surface area (Å²) in [6, 6.07) is 8.05. The minimum absolute atomic E-state index is 0.163. The first-order chi connectivity index (χ1) is 13.4. The Kier molecular flexibility index (Phi) is 8.74. The third-order valence-electron chi connectivity index (χ3n) is 4.31. The minimum atomic E-state index is -0.163. The van der Waals surface area contributed by atoms with Gasteiger partial charge in [0.1, 0.15) is 5.15 Å². The van der Waals surface area contributed by atoms with E-state index in [-0.39, 0.29) is 12.0 Å². The number of carbonyl (C=O) groups excluding carboxylic acids is 1. The van der Waals surface area contributed by atoms with Gasteiger partial charge in [-0.25, -0.2) is 0 Å². The topological polar surface area (TPSA) is 56.2 Å². The summed E-state index contributed by atoms with van der Waals surface area (Å²) in [5.41, 5.74) is 3.78. The number of hydrogen-bond acceptors (Lipinski definition) is 3. The van der Waals surface area contributed by atoms with Gasteiger partial charge in [0.2, 0.25) is 5.91 Å². The lowest BCUT2D eigenvalue weighted by Gasteiger charge is -2.08. The number of unbranched alkanes of at least 4 members (excludes halogenated alkanes) is 1. The molecule has 2 rings (SSSR count). The van der Waals surface area contributed by atoms with Crippen LogP contribution in [-0.4, -0.2) is 21.8 Å². The standard InChI is InChI=1S/C22H30ClN3O2/c1-5-6-13-26-22(23)20(17(4)25-26)11-12-21(27)24-14-18-7-9-19(10-8-18)15-28-16(2)3/h7-12,16H,5-6,13-15H2,1-4H3,(H,24,27)/b12-11+. The Hall–Kier alpha value is -2.11. The minimum Gasteiger partial charge on any atom is -0.374 e. The van der Waals surface area contributed by atoms with Crippen LogP contribution in [0.15, 0.2) is 30.3 Å². The molecule has 0 radical (unpaired) electrons. The van der Waals surface area contributed by atoms with Crippen LogP contribution in [-0.2, 0) is 29.2 Å². The average Bonchev–Trinajstić information content (AvgIpc) is 2.95. The maximum atomic E-state index is 12.1. The van der Waals surface area contributed by atoms with E-state index >= 15 is 0 Å². The van der Waals surface area contributed by atoms with Crippen molar-refractivity contribution in [2.75, 3.05) is 0 Å². The zero-order chi connectivity index (χ0) is 20.5. The molecule has 5 nitrogen and oxygen atoms in total. The molecule has 2 aromatic rings. The lowest BCUT2D eigenvalue weighted by molar-refractivity contribution is -0.116. The van der Waals surface area contributed by atoms with Crippen molar-refractivity contribution in [2.24, 2.45) is 0 Å². The Morgan fingerprint density at radius 2 is 1.96 bits per heavy atom. The summed E-state index contributed by atoms with van der Waals surface area (Å²) in [4.78, 5) is 12.1. The maximum Gasteiger partial charge on any atom is 0.244 e. The van der Waals surface area contributed by atoms with Crippen molar-refractivity contribution in [3.05, 3.63) is 57.9 Å². The van der Waals surface area contributed by atoms with Gasteiger partial charge in [0.15, 0.2) is 0 Å². The van der Waals surface area contributed by atoms with E-state index in [9.17, 15) is 4.79 Å². The molecular weight excluding hydrogens is 374 g/mol. The fraction of sp³-hybridized carbons (Fsp3) is 0.455. The SMILES string of the molecule is CCCCn1nc(C)c(/C=C/C(=O)NCc2ccc(COC(C)C)cc2)c1Cl. The van der Waals surface area contributed by atoms with Crippen molar-refractivity contribution < 1.29 is 9.53 Å². The van der Waals surface area contributed by atoms with Gasteiger partial charge in [-0.15, -0.1) is 0 Å². The van der Waals surface area contributed by atoms with Gasteiger partial charge < -0.3 is 10.1 Å². The van der Waals surface area contributed by atoms with Crippen LogP contribution >= 0.6 is 11.6 Å². The highest BCUT2D eigenvalue weighted by Crippen LogP contribution is 2.21. The largest absolute Gasteiger partial charge is 0.374 e. The van der Waals surface area contributed by atoms with E-state index in [1.54, 1.807) is 10.8 Å². The molecule has 0 aliphatic carbocycles. The number of rotatable bonds is 10. The maximum absolute atomic E-state index is 12.1. The number of aryl methyl sites for hydroxylation is 2. The molecular formula is C22H30ClN3O2. The molecule has 1 aromatic heterocycles. The number of carbonyl (C=O) groups is 1. The van der Waals surface area contributed by atoms with Gasteiger partial charge in [-0.2, -0.15) is 5.10 Å². The second-order valence-electron chi connectivity index (χ2n) is 7.09. The molecule has 28 heavy (non-hydrogen) atoms. The van der Waals surface area contributed by atoms with Crippen LogP contribution in [0, 0.1) is 6.92 Å². The van der Waals surface area contributed by atoms with Gasteiger partial charge in [0, 0.05) is 24.7 Å². The zero-order valence-corrected chi connectivity index (χ0v) is 17.9. The van der Waals surface area contributed by atoms with Gasteiger partial charge in [-0.1, -0.05) is 49.2 Å². The third kappa shape index (κ3) is 6.80. The summed E-state index contributed by atoms with van der Waals surface area (Å²) in [5.74, 6) is -0.163. The van der Waals surface area contributed by atoms with Crippen LogP contribution in [0.1, 0.15) is 56.0 Å². The van der Waals surface area contributed by atoms with Crippen molar-refractivity contribution in [3.8, 4) is 0 Å². The second-order valence-corrected chi connectivity index (χ2v) is 7.45. The molecule has 1 N–H and O–H groups in total. The van der Waals surface area contributed by atoms with Gasteiger partial charge in [-0.05, 0) is 44.4 Å². The first kappa shape index (κ1) is 22.2. The lowest BCUT2D eigenvalue weighted by Crippen LogP contribution is -2.20. The van der Waals surface area contributed by atoms with Gasteiger partial charge in [-0.3, -0.25) is 9.48 Å². The Bertz CT molecular complexity index is 795. The van der Waals surface area contributed by atoms with E-state index in [1.165, 1.54) is 6.08 Å². The quantitative estimate of drug-likeness (QED) is 0.574. The summed E-state index contributed by atoms with van der Waals surface area (Å²) in [6.45, 7) is 9.91. The number of aromatic nitrogens is 2. The molecule has 0 spiro atoms. The monoisotopic (exact) mass is 403 g/mol. The fourth-order valence-electron chi connectivity index (χ4n) is 2.64. The number of ether oxygens (including phenoxy) is 1. The molecule has 0 unspecified atom stereocenters. The number of hydrogen-bond donors (Lipinski definition) is 1. The normalized spacial score (nSPS) is 11.5. The predicted molar refractivity (Wildman–Crippen MR) is 114 cm³/mol. The number of nitrogens with zero attached hydrogens (tertiary/aromatic N) is 2. The van der Waals surface area contributed by atoms with Crippen molar-refractivity contribution >= 4 is 23.6 Å². The van der Waals surface area contributed by atoms with Crippen LogP contribution in [0.3, 0.4) is 0 Å². The molecule has 0 aliphatic heterocycles. The number of amides is 1. The van der Waals surface area contributed by atoms with Crippen molar-refractivity contribution in [3.63, 3.8) is 0 Å². The van der Waals surface area contributed by atoms with Crippen LogP contribution in [0.25, 0.3) is 6.08 Å². The van der Waals surface area contributed by atoms with E-state index in [0.29, 0.717) is 18.3 Å². The average molecular weight is 404 g/mol. The van der Waals surface area contributed by atoms with Gasteiger partial charge >= 0.3 is 0 Å². The molecule has 0 saturated heterocycles. The molecule has 1 aromatic carbocycles. The van der Waals surface area contributed by atoms with Crippen LogP contribution in [0.4, 0.5) is 0 Å². The third-order valence-corrected chi connectivity index (χ3v) is 4.71. The lowest BCUT2D eigenvalue weighted by atomic mass is 10.1. The molecule has 0 bridgehead atoms. The summed E-state index contributed by atoms with van der Waals surface area (Å²) in [6.07, 6.45) is 5.54. The van der Waals surface area contributed by atoms with E-state index < -0.39 is 0 Å². The highest BCUT2D eigenvalue weighted by atomic mass is 35.5. The van der Waals surface area contributed by atoms with E-state index in [1.807, 2.05) is 45.0 Å². The zero-order valence-electron chi connectivity index (χ0n) is 17.2. The Morgan fingerprint density at radius 1 is 1.29 bits per heavy atom. The van der Waals surface area contributed by atoms with Crippen LogP contribution < -0.4 is 5.32 Å². The van der Waals surface area contributed by atoms with Gasteiger partial charge in [0.25, 0.3) is 0 Å². The number of benzene rings is 1. The first-order valence-corrected chi connectivity index (χ1v) is 10.2. The number of halogens is 1. The van der Waals surface area contributed by atoms with Crippen LogP contribution in [0.2, 0.25) is 5.15 Å². The first-order valence-electron chi connectivity index (χ1n) is 9.79. The summed E-state index contributed by atoms with van der Waals surface area (Å²) in [7, 11) is 0. The smallest absolute Gasteiger partial charge is 0.244 e. The fourth-order valence-corrected chi connectivity index (χ4v) is 2.96. The Labute approximate surface area is 172 Å². The van der Waals surface area contributed by atoms with Crippen molar-refractivity contribution in [2.45, 2.75) is 66.3 Å². The van der Waals surface area contributed by atoms with E-state index in [0.717, 1.165) is 41.8 Å². The molecule has 1 heterocycles. The Balaban J connectivity index is 1.88. The summed E-state index contributed by atoms with van der Waals surface area (Å²) in [5, 5.41) is 7.91. The van der Waals surface area contributed by atoms with Crippen molar-refractivity contribution in [1.82, 2.24) is 15.1 Å². The molecule has 0 aliphatic rings. The second kappa shape index (κ2) is 11.0. The highest BCUT2D eigenvalue weighted by Gasteiger charge is 2.11. The highest BCUT2D eigenvalue weighted by molar-refractivity contribution is 6.31. The van der Waals surface area contributed by atoms with E-state index in [2.05, 4.69) is 17.3 Å². The summed E-state index contributed by atoms with van der Waals surface area (Å²) >= 11 is 6.39. The van der Waals surface area contributed by atoms with Crippen molar-refractivity contribution in [1.29, 1.82) is 0 Å². The van der Waals surface area contributed by atoms with Gasteiger partial charge in [0.05, 0.1) is 18.4 Å². The molecule has 152 valence electrons. The van der Waals surface area contributed by atoms with E-state index in [4.69, 9.17) is 16.3 Å². The number of nitrogens with one attached hydrogen (secondary N) is 1. The predicted octanol–water partition coefficient (Wildman–Crippen LogP) is 4.90. The summed E-state index contributed by atoms with van der Waals surface area (Å²) < 4.78 is 7.38.